The van der Waals surface area contributed by atoms with Crippen molar-refractivity contribution in [2.45, 2.75) is 26.9 Å². The van der Waals surface area contributed by atoms with E-state index in [0.29, 0.717) is 35.1 Å². The molecule has 182 valence electrons. The average Bonchev–Trinajstić information content (AvgIpc) is 3.41. The quantitative estimate of drug-likeness (QED) is 0.370. The van der Waals surface area contributed by atoms with Crippen LogP contribution in [0.3, 0.4) is 0 Å². The van der Waals surface area contributed by atoms with Crippen molar-refractivity contribution in [1.82, 2.24) is 28.9 Å². The zero-order chi connectivity index (χ0) is 25.6. The van der Waals surface area contributed by atoms with Crippen molar-refractivity contribution < 1.29 is 0 Å². The second-order valence-corrected chi connectivity index (χ2v) is 9.55. The first-order valence-corrected chi connectivity index (χ1v) is 12.0. The molecule has 0 bridgehead atoms. The van der Waals surface area contributed by atoms with Gasteiger partial charge in [0.15, 0.2) is 5.65 Å². The number of pyridine rings is 1. The summed E-state index contributed by atoms with van der Waals surface area (Å²) in [6, 6.07) is 11.7. The monoisotopic (exact) mass is 500 g/mol. The van der Waals surface area contributed by atoms with Crippen LogP contribution < -0.4 is 11.0 Å². The zero-order valence-corrected chi connectivity index (χ0v) is 21.2. The number of nitrogens with one attached hydrogen (secondary N) is 1. The van der Waals surface area contributed by atoms with Gasteiger partial charge in [-0.05, 0) is 29.7 Å². The molecule has 0 saturated heterocycles. The fraction of sp³-hybridized carbons (Fsp3) is 0.269. The summed E-state index contributed by atoms with van der Waals surface area (Å²) in [7, 11) is 3.62. The summed E-state index contributed by atoms with van der Waals surface area (Å²) in [5.74, 6) is 0.659. The molecule has 0 aliphatic heterocycles. The van der Waals surface area contributed by atoms with Gasteiger partial charge in [-0.3, -0.25) is 14.2 Å². The highest BCUT2D eigenvalue weighted by Crippen LogP contribution is 2.34. The number of aromatic nitrogens is 6. The van der Waals surface area contributed by atoms with Crippen molar-refractivity contribution >= 4 is 39.4 Å². The van der Waals surface area contributed by atoms with Gasteiger partial charge < -0.3 is 9.88 Å². The molecule has 0 amide bonds. The minimum atomic E-state index is -0.359. The van der Waals surface area contributed by atoms with E-state index in [1.54, 1.807) is 24.0 Å². The molecular formula is C26H25ClN8O. The highest BCUT2D eigenvalue weighted by molar-refractivity contribution is 6.35. The van der Waals surface area contributed by atoms with Crippen LogP contribution in [-0.2, 0) is 20.1 Å². The maximum atomic E-state index is 13.0. The first-order valence-electron chi connectivity index (χ1n) is 11.6. The third kappa shape index (κ3) is 3.89. The SMILES string of the molecule is CNc1nc(=O)n(CC(C)C)c2nn(Cc3ccnc4c(Cl)cccc34)c(-c3cc(C#N)cn3C)c12. The molecule has 36 heavy (non-hydrogen) atoms. The molecule has 0 saturated carbocycles. The van der Waals surface area contributed by atoms with E-state index in [0.717, 1.165) is 33.2 Å². The summed E-state index contributed by atoms with van der Waals surface area (Å²) in [4.78, 5) is 21.8. The minimum absolute atomic E-state index is 0.216. The topological polar surface area (TPSA) is 106 Å². The number of nitrogens with zero attached hydrogens (tertiary/aromatic N) is 7. The molecule has 5 aromatic rings. The van der Waals surface area contributed by atoms with Crippen molar-refractivity contribution in [2.75, 3.05) is 12.4 Å². The van der Waals surface area contributed by atoms with Crippen LogP contribution in [0.4, 0.5) is 5.82 Å². The molecule has 0 unspecified atom stereocenters. The Kier molecular flexibility index (Phi) is 5.98. The van der Waals surface area contributed by atoms with E-state index in [9.17, 15) is 10.1 Å². The van der Waals surface area contributed by atoms with Crippen LogP contribution in [0, 0.1) is 17.2 Å². The van der Waals surface area contributed by atoms with Gasteiger partial charge in [0.25, 0.3) is 0 Å². The lowest BCUT2D eigenvalue weighted by Crippen LogP contribution is -2.26. The summed E-state index contributed by atoms with van der Waals surface area (Å²) in [5, 5.41) is 19.8. The Hall–Kier alpha value is -4.16. The first-order chi connectivity index (χ1) is 17.3. The number of hydrogen-bond acceptors (Lipinski definition) is 6. The van der Waals surface area contributed by atoms with E-state index in [2.05, 4.69) is 21.4 Å². The summed E-state index contributed by atoms with van der Waals surface area (Å²) < 4.78 is 5.39. The maximum Gasteiger partial charge on any atom is 0.351 e. The summed E-state index contributed by atoms with van der Waals surface area (Å²) in [6.07, 6.45) is 3.51. The maximum absolute atomic E-state index is 13.0. The number of hydrogen-bond donors (Lipinski definition) is 1. The molecule has 0 radical (unpaired) electrons. The van der Waals surface area contributed by atoms with Crippen LogP contribution >= 0.6 is 11.6 Å². The van der Waals surface area contributed by atoms with Gasteiger partial charge in [-0.15, -0.1) is 0 Å². The number of benzene rings is 1. The molecule has 0 aliphatic rings. The van der Waals surface area contributed by atoms with Crippen LogP contribution in [0.15, 0.2) is 47.5 Å². The van der Waals surface area contributed by atoms with Crippen LogP contribution in [0.25, 0.3) is 33.3 Å². The highest BCUT2D eigenvalue weighted by atomic mass is 35.5. The van der Waals surface area contributed by atoms with Gasteiger partial charge in [0, 0.05) is 38.4 Å². The van der Waals surface area contributed by atoms with Gasteiger partial charge >= 0.3 is 5.69 Å². The third-order valence-electron chi connectivity index (χ3n) is 6.16. The normalized spacial score (nSPS) is 11.5. The molecule has 1 N–H and O–H groups in total. The van der Waals surface area contributed by atoms with Gasteiger partial charge in [0.2, 0.25) is 0 Å². The Morgan fingerprint density at radius 1 is 1.25 bits per heavy atom. The average molecular weight is 501 g/mol. The van der Waals surface area contributed by atoms with Crippen molar-refractivity contribution in [3.8, 4) is 17.5 Å². The van der Waals surface area contributed by atoms with Gasteiger partial charge in [-0.1, -0.05) is 37.6 Å². The molecule has 4 aromatic heterocycles. The number of aryl methyl sites for hydroxylation is 1. The Morgan fingerprint density at radius 2 is 2.06 bits per heavy atom. The summed E-state index contributed by atoms with van der Waals surface area (Å²) in [5.41, 5.74) is 3.96. The Morgan fingerprint density at radius 3 is 2.75 bits per heavy atom. The number of anilines is 1. The van der Waals surface area contributed by atoms with Crippen LogP contribution in [0.2, 0.25) is 5.02 Å². The second-order valence-electron chi connectivity index (χ2n) is 9.15. The smallest absolute Gasteiger partial charge is 0.351 e. The fourth-order valence-corrected chi connectivity index (χ4v) is 4.82. The highest BCUT2D eigenvalue weighted by Gasteiger charge is 2.24. The van der Waals surface area contributed by atoms with Gasteiger partial charge in [0.05, 0.1) is 39.4 Å². The predicted octanol–water partition coefficient (Wildman–Crippen LogP) is 4.42. The molecule has 4 heterocycles. The minimum Gasteiger partial charge on any atom is -0.372 e. The molecule has 0 fully saturated rings. The van der Waals surface area contributed by atoms with E-state index < -0.39 is 0 Å². The number of rotatable bonds is 6. The van der Waals surface area contributed by atoms with E-state index >= 15 is 0 Å². The standard InChI is InChI=1S/C26H25ClN8O/c1-15(2)12-34-25-21(24(29-3)31-26(34)36)23(20-10-16(11-28)13-33(20)4)35(32-25)14-17-8-9-30-22-18(17)6-5-7-19(22)27/h5-10,13,15H,12,14H2,1-4H3,(H,29,31,36). The number of halogens is 1. The molecule has 1 aromatic carbocycles. The van der Waals surface area contributed by atoms with Crippen molar-refractivity contribution in [3.63, 3.8) is 0 Å². The number of fused-ring (bicyclic) bond motifs is 2. The number of para-hydroxylation sites is 1. The molecule has 0 spiro atoms. The van der Waals surface area contributed by atoms with E-state index in [-0.39, 0.29) is 11.6 Å². The predicted molar refractivity (Wildman–Crippen MR) is 141 cm³/mol. The van der Waals surface area contributed by atoms with Crippen LogP contribution in [0.5, 0.6) is 0 Å². The van der Waals surface area contributed by atoms with Crippen molar-refractivity contribution in [2.24, 2.45) is 13.0 Å². The molecule has 9 nitrogen and oxygen atoms in total. The Balaban J connectivity index is 1.85. The van der Waals surface area contributed by atoms with Crippen molar-refractivity contribution in [1.29, 1.82) is 5.26 Å². The van der Waals surface area contributed by atoms with E-state index in [1.807, 2.05) is 60.5 Å². The number of nitriles is 1. The molecule has 0 atom stereocenters. The zero-order valence-electron chi connectivity index (χ0n) is 20.4. The lowest BCUT2D eigenvalue weighted by molar-refractivity contribution is 0.512. The third-order valence-corrected chi connectivity index (χ3v) is 6.46. The van der Waals surface area contributed by atoms with E-state index in [4.69, 9.17) is 16.7 Å². The van der Waals surface area contributed by atoms with Crippen LogP contribution in [-0.4, -0.2) is 35.9 Å². The van der Waals surface area contributed by atoms with Crippen LogP contribution in [0.1, 0.15) is 25.0 Å². The van der Waals surface area contributed by atoms with Gasteiger partial charge in [0.1, 0.15) is 11.9 Å². The lowest BCUT2D eigenvalue weighted by atomic mass is 10.1. The largest absolute Gasteiger partial charge is 0.372 e. The van der Waals surface area contributed by atoms with Gasteiger partial charge in [-0.2, -0.15) is 15.3 Å². The molecule has 0 aliphatic carbocycles. The Bertz CT molecular complexity index is 1720. The lowest BCUT2D eigenvalue weighted by Gasteiger charge is -2.12. The fourth-order valence-electron chi connectivity index (χ4n) is 4.60. The first kappa shape index (κ1) is 23.6. The van der Waals surface area contributed by atoms with Crippen molar-refractivity contribution in [3.05, 3.63) is 69.4 Å². The molecule has 5 rings (SSSR count). The summed E-state index contributed by atoms with van der Waals surface area (Å²) in [6.45, 7) is 4.97. The van der Waals surface area contributed by atoms with Gasteiger partial charge in [-0.25, -0.2) is 4.79 Å². The Labute approximate surface area is 212 Å². The second kappa shape index (κ2) is 9.13. The summed E-state index contributed by atoms with van der Waals surface area (Å²) >= 11 is 6.42. The van der Waals surface area contributed by atoms with E-state index in [1.165, 1.54) is 0 Å². The molecular weight excluding hydrogens is 476 g/mol. The molecule has 10 heteroatoms.